The first-order valence-electron chi connectivity index (χ1n) is 7.44. The van der Waals surface area contributed by atoms with E-state index in [0.717, 1.165) is 24.9 Å². The lowest BCUT2D eigenvalue weighted by Gasteiger charge is -2.33. The summed E-state index contributed by atoms with van der Waals surface area (Å²) in [5.41, 5.74) is 6.34. The summed E-state index contributed by atoms with van der Waals surface area (Å²) in [5.74, 6) is -0.531. The van der Waals surface area contributed by atoms with Gasteiger partial charge in [-0.2, -0.15) is 0 Å². The van der Waals surface area contributed by atoms with Crippen molar-refractivity contribution in [3.63, 3.8) is 0 Å². The third-order valence-corrected chi connectivity index (χ3v) is 4.00. The number of amides is 2. The van der Waals surface area contributed by atoms with E-state index in [0.29, 0.717) is 6.54 Å². The van der Waals surface area contributed by atoms with Crippen LogP contribution in [0.3, 0.4) is 0 Å². The van der Waals surface area contributed by atoms with Crippen molar-refractivity contribution in [1.29, 1.82) is 0 Å². The van der Waals surface area contributed by atoms with Gasteiger partial charge in [0.2, 0.25) is 11.8 Å². The van der Waals surface area contributed by atoms with Gasteiger partial charge in [0.05, 0.1) is 18.5 Å². The fraction of sp³-hybridized carbons (Fsp3) is 0.500. The van der Waals surface area contributed by atoms with Crippen molar-refractivity contribution in [1.82, 2.24) is 10.2 Å². The molecule has 1 aromatic rings. The minimum atomic E-state index is -0.477. The van der Waals surface area contributed by atoms with E-state index in [1.807, 2.05) is 37.3 Å². The molecule has 0 radical (unpaired) electrons. The maximum Gasteiger partial charge on any atom is 0.237 e. The normalized spacial score (nSPS) is 19.8. The van der Waals surface area contributed by atoms with Crippen LogP contribution >= 0.6 is 0 Å². The van der Waals surface area contributed by atoms with Crippen LogP contribution in [0.5, 0.6) is 0 Å². The van der Waals surface area contributed by atoms with Crippen LogP contribution in [-0.2, 0) is 9.59 Å². The third kappa shape index (κ3) is 4.04. The SMILES string of the molecule is C[C@H](c1ccccc1)N(CC(N)=O)C(=O)C1CCCNC1. The highest BCUT2D eigenvalue weighted by molar-refractivity contribution is 5.85. The minimum Gasteiger partial charge on any atom is -0.368 e. The van der Waals surface area contributed by atoms with E-state index >= 15 is 0 Å². The smallest absolute Gasteiger partial charge is 0.237 e. The second-order valence-corrected chi connectivity index (χ2v) is 5.56. The van der Waals surface area contributed by atoms with Gasteiger partial charge in [-0.15, -0.1) is 0 Å². The van der Waals surface area contributed by atoms with Gasteiger partial charge in [0.15, 0.2) is 0 Å². The number of carbonyl (C=O) groups excluding carboxylic acids is 2. The van der Waals surface area contributed by atoms with E-state index in [9.17, 15) is 9.59 Å². The van der Waals surface area contributed by atoms with Gasteiger partial charge >= 0.3 is 0 Å². The molecule has 0 bridgehead atoms. The van der Waals surface area contributed by atoms with E-state index in [2.05, 4.69) is 5.32 Å². The second kappa shape index (κ2) is 7.22. The quantitative estimate of drug-likeness (QED) is 0.851. The molecule has 114 valence electrons. The number of nitrogens with two attached hydrogens (primary N) is 1. The minimum absolute atomic E-state index is 0.0114. The Morgan fingerprint density at radius 3 is 2.67 bits per heavy atom. The van der Waals surface area contributed by atoms with Crippen LogP contribution in [-0.4, -0.2) is 36.3 Å². The summed E-state index contributed by atoms with van der Waals surface area (Å²) in [6.45, 7) is 3.53. The molecule has 5 heteroatoms. The molecule has 1 aliphatic heterocycles. The number of carbonyl (C=O) groups is 2. The number of nitrogens with one attached hydrogen (secondary N) is 1. The first-order chi connectivity index (χ1) is 10.1. The van der Waals surface area contributed by atoms with Crippen LogP contribution in [0.25, 0.3) is 0 Å². The Bertz CT molecular complexity index is 484. The number of primary amides is 1. The van der Waals surface area contributed by atoms with Gasteiger partial charge in [-0.3, -0.25) is 9.59 Å². The van der Waals surface area contributed by atoms with Gasteiger partial charge in [0.1, 0.15) is 0 Å². The lowest BCUT2D eigenvalue weighted by Crippen LogP contribution is -2.47. The van der Waals surface area contributed by atoms with Gasteiger partial charge in [0.25, 0.3) is 0 Å². The summed E-state index contributed by atoms with van der Waals surface area (Å²) >= 11 is 0. The zero-order chi connectivity index (χ0) is 15.2. The van der Waals surface area contributed by atoms with Crippen LogP contribution in [0, 0.1) is 5.92 Å². The van der Waals surface area contributed by atoms with Crippen molar-refractivity contribution in [2.45, 2.75) is 25.8 Å². The van der Waals surface area contributed by atoms with E-state index in [4.69, 9.17) is 5.73 Å². The van der Waals surface area contributed by atoms with Gasteiger partial charge in [-0.1, -0.05) is 30.3 Å². The molecule has 5 nitrogen and oxygen atoms in total. The van der Waals surface area contributed by atoms with Crippen LogP contribution in [0.2, 0.25) is 0 Å². The molecule has 21 heavy (non-hydrogen) atoms. The Hall–Kier alpha value is -1.88. The lowest BCUT2D eigenvalue weighted by atomic mass is 9.96. The predicted octanol–water partition coefficient (Wildman–Crippen LogP) is 1.06. The Balaban J connectivity index is 2.16. The first-order valence-corrected chi connectivity index (χ1v) is 7.44. The standard InChI is InChI=1S/C16H23N3O2/c1-12(13-6-3-2-4-7-13)19(11-15(17)20)16(21)14-8-5-9-18-10-14/h2-4,6-7,12,14,18H,5,8-11H2,1H3,(H2,17,20)/t12-,14?/m1/s1. The summed E-state index contributed by atoms with van der Waals surface area (Å²) in [7, 11) is 0. The topological polar surface area (TPSA) is 75.4 Å². The highest BCUT2D eigenvalue weighted by atomic mass is 16.2. The van der Waals surface area contributed by atoms with Crippen molar-refractivity contribution in [2.75, 3.05) is 19.6 Å². The summed E-state index contributed by atoms with van der Waals surface area (Å²) < 4.78 is 0. The number of rotatable bonds is 5. The van der Waals surface area contributed by atoms with Crippen LogP contribution in [0.15, 0.2) is 30.3 Å². The molecule has 2 rings (SSSR count). The molecule has 1 aliphatic rings. The molecule has 1 unspecified atom stereocenters. The van der Waals surface area contributed by atoms with Crippen LogP contribution in [0.4, 0.5) is 0 Å². The zero-order valence-electron chi connectivity index (χ0n) is 12.4. The number of benzene rings is 1. The fourth-order valence-corrected chi connectivity index (χ4v) is 2.78. The second-order valence-electron chi connectivity index (χ2n) is 5.56. The van der Waals surface area contributed by atoms with E-state index in [-0.39, 0.29) is 24.4 Å². The average molecular weight is 289 g/mol. The van der Waals surface area contributed by atoms with E-state index in [1.54, 1.807) is 4.90 Å². The van der Waals surface area contributed by atoms with Gasteiger partial charge in [-0.25, -0.2) is 0 Å². The molecule has 3 N–H and O–H groups in total. The molecule has 1 fully saturated rings. The van der Waals surface area contributed by atoms with Crippen molar-refractivity contribution in [3.05, 3.63) is 35.9 Å². The van der Waals surface area contributed by atoms with Gasteiger partial charge in [0, 0.05) is 6.54 Å². The third-order valence-electron chi connectivity index (χ3n) is 4.00. The van der Waals surface area contributed by atoms with Crippen molar-refractivity contribution in [3.8, 4) is 0 Å². The lowest BCUT2D eigenvalue weighted by molar-refractivity contribution is -0.141. The molecule has 0 spiro atoms. The molecule has 0 aromatic heterocycles. The monoisotopic (exact) mass is 289 g/mol. The molecule has 2 amide bonds. The molecule has 1 aromatic carbocycles. The molecule has 0 saturated carbocycles. The fourth-order valence-electron chi connectivity index (χ4n) is 2.78. The Morgan fingerprint density at radius 2 is 2.10 bits per heavy atom. The number of nitrogens with zero attached hydrogens (tertiary/aromatic N) is 1. The van der Waals surface area contributed by atoms with E-state index in [1.165, 1.54) is 0 Å². The number of hydrogen-bond donors (Lipinski definition) is 2. The van der Waals surface area contributed by atoms with Crippen molar-refractivity contribution in [2.24, 2.45) is 11.7 Å². The summed E-state index contributed by atoms with van der Waals surface area (Å²) in [6, 6.07) is 9.56. The largest absolute Gasteiger partial charge is 0.368 e. The molecule has 0 aliphatic carbocycles. The average Bonchev–Trinajstić information content (AvgIpc) is 2.53. The van der Waals surface area contributed by atoms with E-state index < -0.39 is 5.91 Å². The molecular weight excluding hydrogens is 266 g/mol. The zero-order valence-corrected chi connectivity index (χ0v) is 12.4. The Morgan fingerprint density at radius 1 is 1.38 bits per heavy atom. The Kier molecular flexibility index (Phi) is 5.33. The highest BCUT2D eigenvalue weighted by Crippen LogP contribution is 2.23. The summed E-state index contributed by atoms with van der Waals surface area (Å²) in [4.78, 5) is 25.7. The molecule has 1 saturated heterocycles. The van der Waals surface area contributed by atoms with Crippen molar-refractivity contribution < 1.29 is 9.59 Å². The number of piperidine rings is 1. The molecule has 2 atom stereocenters. The van der Waals surface area contributed by atoms with Crippen LogP contribution < -0.4 is 11.1 Å². The predicted molar refractivity (Wildman–Crippen MR) is 81.4 cm³/mol. The van der Waals surface area contributed by atoms with Crippen LogP contribution in [0.1, 0.15) is 31.4 Å². The Labute approximate surface area is 125 Å². The maximum atomic E-state index is 12.7. The summed E-state index contributed by atoms with van der Waals surface area (Å²) in [5, 5.41) is 3.24. The maximum absolute atomic E-state index is 12.7. The summed E-state index contributed by atoms with van der Waals surface area (Å²) in [6.07, 6.45) is 1.85. The number of hydrogen-bond acceptors (Lipinski definition) is 3. The molecule has 1 heterocycles. The van der Waals surface area contributed by atoms with Gasteiger partial charge < -0.3 is 16.0 Å². The van der Waals surface area contributed by atoms with Crippen molar-refractivity contribution >= 4 is 11.8 Å². The van der Waals surface area contributed by atoms with Gasteiger partial charge in [-0.05, 0) is 31.9 Å². The first kappa shape index (κ1) is 15.5. The molecular formula is C16H23N3O2. The highest BCUT2D eigenvalue weighted by Gasteiger charge is 2.30.